The van der Waals surface area contributed by atoms with Crippen LogP contribution >= 0.6 is 0 Å². The molecule has 1 unspecified atom stereocenters. The van der Waals surface area contributed by atoms with Crippen molar-refractivity contribution in [2.45, 2.75) is 38.1 Å². The number of nitriles is 1. The first kappa shape index (κ1) is 15.2. The van der Waals surface area contributed by atoms with Gasteiger partial charge in [-0.15, -0.1) is 0 Å². The topological polar surface area (TPSA) is 122 Å². The molecule has 0 fully saturated rings. The molecule has 0 bridgehead atoms. The lowest BCUT2D eigenvalue weighted by molar-refractivity contribution is -0.137. The minimum atomic E-state index is -0.853. The Balaban J connectivity index is 3.89. The first-order chi connectivity index (χ1) is 8.04. The normalized spacial score (nSPS) is 13.2. The fourth-order valence-electron chi connectivity index (χ4n) is 1.34. The third kappa shape index (κ3) is 8.08. The Morgan fingerprint density at radius 1 is 1.65 bits per heavy atom. The largest absolute Gasteiger partial charge is 0.481 e. The van der Waals surface area contributed by atoms with Gasteiger partial charge in [0.1, 0.15) is 5.54 Å². The summed E-state index contributed by atoms with van der Waals surface area (Å²) in [4.78, 5) is 13.0. The molecule has 0 heterocycles. The van der Waals surface area contributed by atoms with Crippen molar-refractivity contribution in [2.75, 3.05) is 13.1 Å². The Hall–Kier alpha value is -1.77. The van der Waals surface area contributed by atoms with Crippen LogP contribution in [0.25, 0.3) is 10.4 Å². The fourth-order valence-corrected chi connectivity index (χ4v) is 1.34. The van der Waals surface area contributed by atoms with Crippen LogP contribution in [0, 0.1) is 11.3 Å². The lowest BCUT2D eigenvalue weighted by Gasteiger charge is -2.22. The number of azide groups is 1. The lowest BCUT2D eigenvalue weighted by Crippen LogP contribution is -2.41. The van der Waals surface area contributed by atoms with Gasteiger partial charge in [0.05, 0.1) is 6.07 Å². The van der Waals surface area contributed by atoms with E-state index in [1.54, 1.807) is 6.92 Å². The van der Waals surface area contributed by atoms with Crippen molar-refractivity contribution in [3.8, 4) is 6.07 Å². The SMILES string of the molecule is CC(C#N)(CCCC(=O)O)NCCCN=[N+]=[N-]. The van der Waals surface area contributed by atoms with E-state index in [1.165, 1.54) is 0 Å². The molecule has 17 heavy (non-hydrogen) atoms. The lowest BCUT2D eigenvalue weighted by atomic mass is 9.96. The highest BCUT2D eigenvalue weighted by Crippen LogP contribution is 2.12. The van der Waals surface area contributed by atoms with Crippen LogP contribution in [-0.4, -0.2) is 29.7 Å². The monoisotopic (exact) mass is 239 g/mol. The predicted molar refractivity (Wildman–Crippen MR) is 62.1 cm³/mol. The van der Waals surface area contributed by atoms with E-state index in [0.717, 1.165) is 0 Å². The molecule has 0 aromatic rings. The molecule has 1 atom stereocenters. The van der Waals surface area contributed by atoms with Crippen molar-refractivity contribution < 1.29 is 9.90 Å². The van der Waals surface area contributed by atoms with Crippen molar-refractivity contribution in [3.63, 3.8) is 0 Å². The van der Waals surface area contributed by atoms with Gasteiger partial charge < -0.3 is 5.11 Å². The van der Waals surface area contributed by atoms with Crippen molar-refractivity contribution in [1.29, 1.82) is 5.26 Å². The van der Waals surface area contributed by atoms with Crippen LogP contribution in [0.15, 0.2) is 5.11 Å². The van der Waals surface area contributed by atoms with Gasteiger partial charge in [0.15, 0.2) is 0 Å². The number of nitrogens with zero attached hydrogens (tertiary/aromatic N) is 4. The molecule has 0 aromatic carbocycles. The maximum absolute atomic E-state index is 10.4. The summed E-state index contributed by atoms with van der Waals surface area (Å²) in [6.45, 7) is 2.69. The van der Waals surface area contributed by atoms with Gasteiger partial charge >= 0.3 is 5.97 Å². The average Bonchev–Trinajstić information content (AvgIpc) is 2.28. The van der Waals surface area contributed by atoms with Gasteiger partial charge in [-0.2, -0.15) is 5.26 Å². The third-order valence-corrected chi connectivity index (χ3v) is 2.33. The van der Waals surface area contributed by atoms with E-state index in [4.69, 9.17) is 15.9 Å². The molecule has 7 nitrogen and oxygen atoms in total. The predicted octanol–water partition coefficient (Wildman–Crippen LogP) is 1.81. The van der Waals surface area contributed by atoms with Gasteiger partial charge in [0.25, 0.3) is 0 Å². The maximum atomic E-state index is 10.4. The summed E-state index contributed by atoms with van der Waals surface area (Å²) in [6.07, 6.45) is 1.66. The van der Waals surface area contributed by atoms with E-state index in [1.807, 2.05) is 0 Å². The van der Waals surface area contributed by atoms with Crippen LogP contribution < -0.4 is 5.32 Å². The quantitative estimate of drug-likeness (QED) is 0.275. The molecule has 0 aliphatic rings. The molecule has 0 aliphatic carbocycles. The number of hydrogen-bond donors (Lipinski definition) is 2. The van der Waals surface area contributed by atoms with Crippen LogP contribution in [0.3, 0.4) is 0 Å². The Morgan fingerprint density at radius 3 is 2.88 bits per heavy atom. The highest BCUT2D eigenvalue weighted by molar-refractivity contribution is 5.66. The molecule has 0 aromatic heterocycles. The number of rotatable bonds is 9. The van der Waals surface area contributed by atoms with Crippen molar-refractivity contribution in [1.82, 2.24) is 5.32 Å². The smallest absolute Gasteiger partial charge is 0.303 e. The Kier molecular flexibility index (Phi) is 7.52. The number of carbonyl (C=O) groups is 1. The van der Waals surface area contributed by atoms with Crippen molar-refractivity contribution >= 4 is 5.97 Å². The minimum absolute atomic E-state index is 0.0671. The Morgan fingerprint density at radius 2 is 2.35 bits per heavy atom. The van der Waals surface area contributed by atoms with Gasteiger partial charge in [0.2, 0.25) is 0 Å². The highest BCUT2D eigenvalue weighted by Gasteiger charge is 2.22. The number of hydrogen-bond acceptors (Lipinski definition) is 4. The zero-order valence-corrected chi connectivity index (χ0v) is 9.89. The standard InChI is InChI=1S/C10H17N5O2/c1-10(8-11,5-2-4-9(16)17)13-6-3-7-14-15-12/h13H,2-7H2,1H3,(H,16,17). The summed E-state index contributed by atoms with van der Waals surface area (Å²) >= 11 is 0. The van der Waals surface area contributed by atoms with Crippen LogP contribution in [0.4, 0.5) is 0 Å². The van der Waals surface area contributed by atoms with E-state index in [-0.39, 0.29) is 6.42 Å². The zero-order valence-electron chi connectivity index (χ0n) is 9.89. The minimum Gasteiger partial charge on any atom is -0.481 e. The number of carboxylic acid groups (broad SMARTS) is 1. The van der Waals surface area contributed by atoms with Crippen molar-refractivity contribution in [3.05, 3.63) is 10.4 Å². The van der Waals surface area contributed by atoms with Crippen LogP contribution in [0.1, 0.15) is 32.6 Å². The van der Waals surface area contributed by atoms with E-state index in [2.05, 4.69) is 21.4 Å². The van der Waals surface area contributed by atoms with Gasteiger partial charge in [-0.1, -0.05) is 5.11 Å². The maximum Gasteiger partial charge on any atom is 0.303 e. The molecule has 7 heteroatoms. The van der Waals surface area contributed by atoms with Gasteiger partial charge in [0, 0.05) is 17.9 Å². The molecule has 0 saturated carbocycles. The molecule has 0 amide bonds. The van der Waals surface area contributed by atoms with E-state index >= 15 is 0 Å². The average molecular weight is 239 g/mol. The summed E-state index contributed by atoms with van der Waals surface area (Å²) in [6, 6.07) is 2.14. The molecular weight excluding hydrogens is 222 g/mol. The molecule has 0 rings (SSSR count). The first-order valence-corrected chi connectivity index (χ1v) is 5.43. The highest BCUT2D eigenvalue weighted by atomic mass is 16.4. The summed E-state index contributed by atoms with van der Waals surface area (Å²) in [7, 11) is 0. The van der Waals surface area contributed by atoms with Crippen LogP contribution in [-0.2, 0) is 4.79 Å². The van der Waals surface area contributed by atoms with Crippen LogP contribution in [0.2, 0.25) is 0 Å². The number of aliphatic carboxylic acids is 1. The van der Waals surface area contributed by atoms with E-state index in [0.29, 0.717) is 32.4 Å². The second-order valence-corrected chi connectivity index (χ2v) is 3.93. The van der Waals surface area contributed by atoms with E-state index < -0.39 is 11.5 Å². The second-order valence-electron chi connectivity index (χ2n) is 3.93. The fraction of sp³-hybridized carbons (Fsp3) is 0.800. The van der Waals surface area contributed by atoms with Gasteiger partial charge in [-0.05, 0) is 38.3 Å². The first-order valence-electron chi connectivity index (χ1n) is 5.43. The molecular formula is C10H17N5O2. The summed E-state index contributed by atoms with van der Waals surface area (Å²) in [5, 5.41) is 23.9. The second kappa shape index (κ2) is 8.39. The molecule has 94 valence electrons. The molecule has 2 N–H and O–H groups in total. The number of nitrogens with one attached hydrogen (secondary N) is 1. The molecule has 0 spiro atoms. The number of carboxylic acids is 1. The van der Waals surface area contributed by atoms with Gasteiger partial charge in [-0.3, -0.25) is 10.1 Å². The summed E-state index contributed by atoms with van der Waals surface area (Å²) < 4.78 is 0. The molecule has 0 aliphatic heterocycles. The summed E-state index contributed by atoms with van der Waals surface area (Å²) in [5.41, 5.74) is 7.35. The van der Waals surface area contributed by atoms with E-state index in [9.17, 15) is 4.79 Å². The van der Waals surface area contributed by atoms with Gasteiger partial charge in [-0.25, -0.2) is 0 Å². The zero-order chi connectivity index (χ0) is 13.1. The molecule has 0 saturated heterocycles. The van der Waals surface area contributed by atoms with Crippen LogP contribution in [0.5, 0.6) is 0 Å². The molecule has 0 radical (unpaired) electrons. The Bertz CT molecular complexity index is 332. The summed E-state index contributed by atoms with van der Waals surface area (Å²) in [5.74, 6) is -0.853. The Labute approximate surface area is 100 Å². The van der Waals surface area contributed by atoms with Crippen molar-refractivity contribution in [2.24, 2.45) is 5.11 Å². The third-order valence-electron chi connectivity index (χ3n) is 2.33.